The molecule has 0 radical (unpaired) electrons. The summed E-state index contributed by atoms with van der Waals surface area (Å²) in [6.45, 7) is 1.82. The molecule has 0 atom stereocenters. The van der Waals surface area contributed by atoms with Crippen LogP contribution in [0.3, 0.4) is 0 Å². The molecule has 0 amide bonds. The second kappa shape index (κ2) is 10.1. The molecule has 0 bridgehead atoms. The van der Waals surface area contributed by atoms with E-state index in [0.717, 1.165) is 5.56 Å². The number of ether oxygens (including phenoxy) is 3. The Balaban J connectivity index is 1.72. The third-order valence-electron chi connectivity index (χ3n) is 4.52. The number of halogens is 1. The Labute approximate surface area is 186 Å². The van der Waals surface area contributed by atoms with Crippen molar-refractivity contribution in [3.63, 3.8) is 0 Å². The van der Waals surface area contributed by atoms with Crippen LogP contribution < -0.4 is 19.0 Å². The summed E-state index contributed by atoms with van der Waals surface area (Å²) in [5.41, 5.74) is 1.76. The van der Waals surface area contributed by atoms with Crippen molar-refractivity contribution in [3.8, 4) is 17.2 Å². The number of hydrogen-bond acceptors (Lipinski definition) is 6. The van der Waals surface area contributed by atoms with Gasteiger partial charge in [0.25, 0.3) is 10.0 Å². The Hall–Kier alpha value is -3.59. The lowest BCUT2D eigenvalue weighted by Crippen LogP contribution is -2.19. The van der Waals surface area contributed by atoms with Crippen LogP contribution in [0.4, 0.5) is 4.39 Å². The van der Waals surface area contributed by atoms with E-state index < -0.39 is 10.0 Å². The SMILES string of the molecule is COc1cc(/C=N/NS(=O)(=O)c2cc(C)ccc2OC)ccc1OCc1ccccc1F. The predicted octanol–water partition coefficient (Wildman–Crippen LogP) is 4.04. The first-order chi connectivity index (χ1) is 15.3. The molecule has 0 aromatic heterocycles. The lowest BCUT2D eigenvalue weighted by molar-refractivity contribution is 0.279. The van der Waals surface area contributed by atoms with Crippen LogP contribution in [0.15, 0.2) is 70.7 Å². The van der Waals surface area contributed by atoms with Crippen LogP contribution in [0, 0.1) is 12.7 Å². The summed E-state index contributed by atoms with van der Waals surface area (Å²) in [6.07, 6.45) is 1.34. The number of benzene rings is 3. The van der Waals surface area contributed by atoms with Crippen molar-refractivity contribution in [2.75, 3.05) is 14.2 Å². The molecule has 0 unspecified atom stereocenters. The average Bonchev–Trinajstić information content (AvgIpc) is 2.78. The summed E-state index contributed by atoms with van der Waals surface area (Å²) in [4.78, 5) is 2.17. The quantitative estimate of drug-likeness (QED) is 0.386. The number of sulfonamides is 1. The molecule has 0 fully saturated rings. The van der Waals surface area contributed by atoms with Crippen LogP contribution >= 0.6 is 0 Å². The van der Waals surface area contributed by atoms with E-state index in [1.807, 2.05) is 0 Å². The number of rotatable bonds is 9. The Bertz CT molecular complexity index is 1230. The van der Waals surface area contributed by atoms with Crippen molar-refractivity contribution >= 4 is 16.2 Å². The highest BCUT2D eigenvalue weighted by molar-refractivity contribution is 7.89. The molecule has 168 valence electrons. The second-order valence-corrected chi connectivity index (χ2v) is 8.43. The first-order valence-corrected chi connectivity index (χ1v) is 11.1. The molecule has 3 rings (SSSR count). The third kappa shape index (κ3) is 5.55. The molecule has 0 saturated carbocycles. The summed E-state index contributed by atoms with van der Waals surface area (Å²) in [6, 6.07) is 16.1. The molecule has 0 spiro atoms. The zero-order valence-electron chi connectivity index (χ0n) is 17.8. The Morgan fingerprint density at radius 3 is 2.41 bits per heavy atom. The first kappa shape index (κ1) is 23.1. The minimum absolute atomic E-state index is 0.00776. The molecular formula is C23H23FN2O5S. The standard InChI is InChI=1S/C23H23FN2O5S/c1-16-8-10-21(29-2)23(12-16)32(27,28)26-25-14-17-9-11-20(22(13-17)30-3)31-15-18-6-4-5-7-19(18)24/h4-14,26H,15H2,1-3H3/b25-14+. The van der Waals surface area contributed by atoms with Gasteiger partial charge in [0.2, 0.25) is 0 Å². The Morgan fingerprint density at radius 1 is 0.969 bits per heavy atom. The highest BCUT2D eigenvalue weighted by atomic mass is 32.2. The summed E-state index contributed by atoms with van der Waals surface area (Å²) >= 11 is 0. The van der Waals surface area contributed by atoms with Gasteiger partial charge in [0.1, 0.15) is 23.1 Å². The van der Waals surface area contributed by atoms with Crippen LogP contribution in [0.1, 0.15) is 16.7 Å². The predicted molar refractivity (Wildman–Crippen MR) is 119 cm³/mol. The number of nitrogens with one attached hydrogen (secondary N) is 1. The largest absolute Gasteiger partial charge is 0.495 e. The molecule has 0 heterocycles. The highest BCUT2D eigenvalue weighted by Crippen LogP contribution is 2.29. The van der Waals surface area contributed by atoms with E-state index in [9.17, 15) is 12.8 Å². The molecule has 0 saturated heterocycles. The monoisotopic (exact) mass is 458 g/mol. The minimum Gasteiger partial charge on any atom is -0.495 e. The molecule has 0 aliphatic carbocycles. The molecule has 7 nitrogen and oxygen atoms in total. The molecule has 0 aliphatic rings. The van der Waals surface area contributed by atoms with Crippen LogP contribution in [-0.4, -0.2) is 28.9 Å². The number of hydrogen-bond donors (Lipinski definition) is 1. The van der Waals surface area contributed by atoms with E-state index in [0.29, 0.717) is 22.6 Å². The summed E-state index contributed by atoms with van der Waals surface area (Å²) in [5.74, 6) is 0.676. The number of nitrogens with zero attached hydrogens (tertiary/aromatic N) is 1. The smallest absolute Gasteiger partial charge is 0.280 e. The van der Waals surface area contributed by atoms with E-state index in [1.54, 1.807) is 55.5 Å². The third-order valence-corrected chi connectivity index (χ3v) is 5.77. The topological polar surface area (TPSA) is 86.2 Å². The number of hydrazone groups is 1. The first-order valence-electron chi connectivity index (χ1n) is 9.58. The summed E-state index contributed by atoms with van der Waals surface area (Å²) in [7, 11) is -1.06. The van der Waals surface area contributed by atoms with Gasteiger partial charge in [-0.3, -0.25) is 0 Å². The van der Waals surface area contributed by atoms with Crippen LogP contribution in [0.2, 0.25) is 0 Å². The lowest BCUT2D eigenvalue weighted by Gasteiger charge is -2.12. The summed E-state index contributed by atoms with van der Waals surface area (Å²) < 4.78 is 55.1. The molecule has 0 aliphatic heterocycles. The fourth-order valence-corrected chi connectivity index (χ4v) is 3.92. The van der Waals surface area contributed by atoms with Crippen LogP contribution in [0.25, 0.3) is 0 Å². The van der Waals surface area contributed by atoms with Gasteiger partial charge in [0, 0.05) is 5.56 Å². The number of methoxy groups -OCH3 is 2. The average molecular weight is 459 g/mol. The lowest BCUT2D eigenvalue weighted by atomic mass is 10.2. The normalized spacial score (nSPS) is 11.4. The molecule has 3 aromatic rings. The maximum atomic E-state index is 13.8. The van der Waals surface area contributed by atoms with Gasteiger partial charge in [-0.25, -0.2) is 4.39 Å². The van der Waals surface area contributed by atoms with Gasteiger partial charge in [-0.05, 0) is 54.4 Å². The van der Waals surface area contributed by atoms with Gasteiger partial charge in [-0.1, -0.05) is 24.3 Å². The fraction of sp³-hybridized carbons (Fsp3) is 0.174. The van der Waals surface area contributed by atoms with Crippen molar-refractivity contribution in [3.05, 3.63) is 83.2 Å². The fourth-order valence-electron chi connectivity index (χ4n) is 2.87. The van der Waals surface area contributed by atoms with Crippen LogP contribution in [0.5, 0.6) is 17.2 Å². The van der Waals surface area contributed by atoms with Crippen molar-refractivity contribution in [2.45, 2.75) is 18.4 Å². The van der Waals surface area contributed by atoms with Gasteiger partial charge in [-0.15, -0.1) is 0 Å². The molecule has 3 aromatic carbocycles. The Morgan fingerprint density at radius 2 is 1.69 bits per heavy atom. The highest BCUT2D eigenvalue weighted by Gasteiger charge is 2.19. The van der Waals surface area contributed by atoms with E-state index in [2.05, 4.69) is 9.93 Å². The number of aryl methyl sites for hydroxylation is 1. The van der Waals surface area contributed by atoms with Gasteiger partial charge in [-0.2, -0.15) is 18.4 Å². The zero-order valence-corrected chi connectivity index (χ0v) is 18.6. The van der Waals surface area contributed by atoms with Gasteiger partial charge in [0.15, 0.2) is 11.5 Å². The van der Waals surface area contributed by atoms with E-state index >= 15 is 0 Å². The minimum atomic E-state index is -3.93. The maximum Gasteiger partial charge on any atom is 0.280 e. The van der Waals surface area contributed by atoms with Gasteiger partial charge >= 0.3 is 0 Å². The van der Waals surface area contributed by atoms with Gasteiger partial charge < -0.3 is 14.2 Å². The maximum absolute atomic E-state index is 13.8. The zero-order chi connectivity index (χ0) is 23.1. The van der Waals surface area contributed by atoms with Crippen molar-refractivity contribution in [1.82, 2.24) is 4.83 Å². The summed E-state index contributed by atoms with van der Waals surface area (Å²) in [5, 5.41) is 3.84. The van der Waals surface area contributed by atoms with Crippen molar-refractivity contribution in [1.29, 1.82) is 0 Å². The van der Waals surface area contributed by atoms with E-state index in [1.165, 1.54) is 32.6 Å². The molecule has 1 N–H and O–H groups in total. The molecule has 9 heteroatoms. The molecule has 32 heavy (non-hydrogen) atoms. The van der Waals surface area contributed by atoms with Crippen molar-refractivity contribution < 1.29 is 27.0 Å². The van der Waals surface area contributed by atoms with Crippen molar-refractivity contribution in [2.24, 2.45) is 5.10 Å². The van der Waals surface area contributed by atoms with E-state index in [-0.39, 0.29) is 23.1 Å². The van der Waals surface area contributed by atoms with E-state index in [4.69, 9.17) is 14.2 Å². The van der Waals surface area contributed by atoms with Gasteiger partial charge in [0.05, 0.1) is 20.4 Å². The second-order valence-electron chi connectivity index (χ2n) is 6.80. The van der Waals surface area contributed by atoms with Crippen LogP contribution in [-0.2, 0) is 16.6 Å². The molecular weight excluding hydrogens is 435 g/mol. The Kier molecular flexibility index (Phi) is 7.32.